The number of likely N-dealkylation sites (N-methyl/N-ethyl adjacent to an activating group) is 1. The number of carbonyl (C=O) groups excluding carboxylic acids is 1. The summed E-state index contributed by atoms with van der Waals surface area (Å²) < 4.78 is 29.6. The van der Waals surface area contributed by atoms with E-state index in [1.165, 1.54) is 27.3 Å². The van der Waals surface area contributed by atoms with Crippen LogP contribution in [-0.2, 0) is 14.8 Å². The summed E-state index contributed by atoms with van der Waals surface area (Å²) in [4.78, 5) is 22.9. The zero-order valence-electron chi connectivity index (χ0n) is 21.2. The Bertz CT molecular complexity index is 1330. The van der Waals surface area contributed by atoms with Crippen LogP contribution in [0.1, 0.15) is 37.8 Å². The lowest BCUT2D eigenvalue weighted by molar-refractivity contribution is -0.123. The van der Waals surface area contributed by atoms with E-state index in [1.807, 2.05) is 0 Å². The fourth-order valence-electron chi connectivity index (χ4n) is 4.56. The molecule has 1 atom stereocenters. The highest BCUT2D eigenvalue weighted by Gasteiger charge is 2.36. The fraction of sp³-hybridized carbons (Fsp3) is 0.520. The monoisotopic (exact) mass is 568 g/mol. The minimum absolute atomic E-state index is 0.0558. The van der Waals surface area contributed by atoms with Crippen LogP contribution in [0.4, 0.5) is 5.13 Å². The molecular weight excluding hydrogens is 536 g/mol. The number of anilines is 1. The van der Waals surface area contributed by atoms with E-state index in [-0.39, 0.29) is 16.7 Å². The van der Waals surface area contributed by atoms with Crippen LogP contribution in [0.25, 0.3) is 10.2 Å². The third kappa shape index (κ3) is 5.63. The van der Waals surface area contributed by atoms with Crippen molar-refractivity contribution in [2.24, 2.45) is 5.92 Å². The summed E-state index contributed by atoms with van der Waals surface area (Å²) in [5, 5.41) is 0.681. The van der Waals surface area contributed by atoms with Crippen molar-refractivity contribution < 1.29 is 13.2 Å². The van der Waals surface area contributed by atoms with Gasteiger partial charge in [0.1, 0.15) is 4.21 Å². The van der Waals surface area contributed by atoms with Crippen LogP contribution in [0.15, 0.2) is 28.5 Å². The van der Waals surface area contributed by atoms with Gasteiger partial charge < -0.3 is 4.90 Å². The Morgan fingerprint density at radius 3 is 2.56 bits per heavy atom. The summed E-state index contributed by atoms with van der Waals surface area (Å²) in [7, 11) is -3.69. The third-order valence-corrected chi connectivity index (χ3v) is 11.6. The van der Waals surface area contributed by atoms with Gasteiger partial charge in [-0.05, 0) is 69.1 Å². The average molecular weight is 569 g/mol. The predicted octanol–water partition coefficient (Wildman–Crippen LogP) is 5.40. The van der Waals surface area contributed by atoms with Crippen LogP contribution in [0.2, 0.25) is 4.34 Å². The van der Waals surface area contributed by atoms with Gasteiger partial charge in [-0.2, -0.15) is 4.31 Å². The van der Waals surface area contributed by atoms with Gasteiger partial charge in [-0.15, -0.1) is 11.3 Å². The second-order valence-corrected chi connectivity index (χ2v) is 14.0. The molecule has 1 saturated heterocycles. The SMILES string of the molecule is CCN(CC)CCN(C(=O)C1CCCN(S(=O)(=O)c2ccc(Cl)s2)C1)c1nc2c(C)c(C)ccc2s1. The van der Waals surface area contributed by atoms with Crippen molar-refractivity contribution in [1.29, 1.82) is 0 Å². The number of piperidine rings is 1. The Labute approximate surface area is 226 Å². The summed E-state index contributed by atoms with van der Waals surface area (Å²) in [5.74, 6) is -0.477. The molecule has 0 bridgehead atoms. The van der Waals surface area contributed by atoms with E-state index >= 15 is 0 Å². The number of benzene rings is 1. The molecule has 1 aliphatic heterocycles. The highest BCUT2D eigenvalue weighted by atomic mass is 35.5. The number of halogens is 1. The Hall–Kier alpha value is -1.56. The summed E-state index contributed by atoms with van der Waals surface area (Å²) in [6.07, 6.45) is 1.29. The number of thiophene rings is 1. The molecule has 1 aromatic carbocycles. The maximum atomic E-state index is 14.0. The molecule has 0 radical (unpaired) electrons. The number of nitrogens with zero attached hydrogens (tertiary/aromatic N) is 4. The standard InChI is InChI=1S/C25H33ClN4O3S3/c1-5-28(6-2)14-15-30(25-27-23-18(4)17(3)9-10-20(23)34-25)24(31)19-8-7-13-29(16-19)36(32,33)22-12-11-21(26)35-22/h9-12,19H,5-8,13-16H2,1-4H3. The molecule has 1 fully saturated rings. The molecule has 7 nitrogen and oxygen atoms in total. The minimum atomic E-state index is -3.69. The van der Waals surface area contributed by atoms with Crippen molar-refractivity contribution >= 4 is 65.6 Å². The van der Waals surface area contributed by atoms with Crippen molar-refractivity contribution in [2.75, 3.05) is 44.2 Å². The fourth-order valence-corrected chi connectivity index (χ4v) is 8.77. The molecule has 0 spiro atoms. The molecule has 1 unspecified atom stereocenters. The number of sulfonamides is 1. The highest BCUT2D eigenvalue weighted by molar-refractivity contribution is 7.91. The van der Waals surface area contributed by atoms with E-state index in [9.17, 15) is 13.2 Å². The van der Waals surface area contributed by atoms with Crippen LogP contribution < -0.4 is 4.90 Å². The lowest BCUT2D eigenvalue weighted by Crippen LogP contribution is -2.48. The smallest absolute Gasteiger partial charge is 0.252 e. The summed E-state index contributed by atoms with van der Waals surface area (Å²) in [6, 6.07) is 7.28. The van der Waals surface area contributed by atoms with Gasteiger partial charge in [0, 0.05) is 26.2 Å². The Kier molecular flexibility index (Phi) is 8.74. The molecular formula is C25H33ClN4O3S3. The van der Waals surface area contributed by atoms with Gasteiger partial charge in [-0.3, -0.25) is 9.69 Å². The Balaban J connectivity index is 1.62. The molecule has 0 aliphatic carbocycles. The van der Waals surface area contributed by atoms with E-state index in [2.05, 4.69) is 44.7 Å². The van der Waals surface area contributed by atoms with Crippen LogP contribution in [0.3, 0.4) is 0 Å². The van der Waals surface area contributed by atoms with E-state index in [1.54, 1.807) is 11.0 Å². The molecule has 0 saturated carbocycles. The Morgan fingerprint density at radius 2 is 1.89 bits per heavy atom. The summed E-state index contributed by atoms with van der Waals surface area (Å²) in [5.41, 5.74) is 3.22. The summed E-state index contributed by atoms with van der Waals surface area (Å²) >= 11 is 8.57. The highest BCUT2D eigenvalue weighted by Crippen LogP contribution is 2.35. The number of fused-ring (bicyclic) bond motifs is 1. The van der Waals surface area contributed by atoms with Gasteiger partial charge in [-0.25, -0.2) is 13.4 Å². The third-order valence-electron chi connectivity index (χ3n) is 6.98. The van der Waals surface area contributed by atoms with Gasteiger partial charge in [0.05, 0.1) is 20.5 Å². The first-order valence-electron chi connectivity index (χ1n) is 12.3. The first-order chi connectivity index (χ1) is 17.1. The number of rotatable bonds is 9. The van der Waals surface area contributed by atoms with Crippen molar-refractivity contribution in [3.63, 3.8) is 0 Å². The van der Waals surface area contributed by atoms with E-state index in [0.717, 1.165) is 46.8 Å². The van der Waals surface area contributed by atoms with Crippen molar-refractivity contribution in [3.05, 3.63) is 39.7 Å². The minimum Gasteiger partial charge on any atom is -0.302 e. The van der Waals surface area contributed by atoms with E-state index in [4.69, 9.17) is 16.6 Å². The molecule has 11 heteroatoms. The van der Waals surface area contributed by atoms with Crippen LogP contribution in [0, 0.1) is 19.8 Å². The van der Waals surface area contributed by atoms with Crippen LogP contribution in [-0.4, -0.2) is 67.8 Å². The zero-order valence-corrected chi connectivity index (χ0v) is 24.4. The Morgan fingerprint density at radius 1 is 1.14 bits per heavy atom. The molecule has 1 amide bonds. The molecule has 1 aliphatic rings. The first-order valence-corrected chi connectivity index (χ1v) is 15.8. The van der Waals surface area contributed by atoms with Gasteiger partial charge in [0.15, 0.2) is 5.13 Å². The number of hydrogen-bond donors (Lipinski definition) is 0. The maximum absolute atomic E-state index is 14.0. The van der Waals surface area contributed by atoms with Crippen LogP contribution >= 0.6 is 34.3 Å². The lowest BCUT2D eigenvalue weighted by atomic mass is 9.98. The number of aromatic nitrogens is 1. The van der Waals surface area contributed by atoms with E-state index in [0.29, 0.717) is 35.4 Å². The maximum Gasteiger partial charge on any atom is 0.252 e. The quantitative estimate of drug-likeness (QED) is 0.345. The number of thiazole rings is 1. The normalized spacial score (nSPS) is 17.2. The van der Waals surface area contributed by atoms with Crippen molar-refractivity contribution in [1.82, 2.24) is 14.2 Å². The van der Waals surface area contributed by atoms with Gasteiger partial charge in [0.25, 0.3) is 10.0 Å². The second-order valence-electron chi connectivity index (χ2n) is 9.13. The zero-order chi connectivity index (χ0) is 26.0. The predicted molar refractivity (Wildman–Crippen MR) is 150 cm³/mol. The lowest BCUT2D eigenvalue weighted by Gasteiger charge is -2.34. The number of carbonyl (C=O) groups is 1. The number of hydrogen-bond acceptors (Lipinski definition) is 7. The molecule has 3 aromatic rings. The van der Waals surface area contributed by atoms with Crippen LogP contribution in [0.5, 0.6) is 0 Å². The largest absolute Gasteiger partial charge is 0.302 e. The van der Waals surface area contributed by atoms with Gasteiger partial charge >= 0.3 is 0 Å². The topological polar surface area (TPSA) is 73.8 Å². The summed E-state index contributed by atoms with van der Waals surface area (Å²) in [6.45, 7) is 12.0. The second kappa shape index (κ2) is 11.4. The number of amides is 1. The molecule has 196 valence electrons. The number of aryl methyl sites for hydroxylation is 2. The van der Waals surface area contributed by atoms with E-state index < -0.39 is 15.9 Å². The van der Waals surface area contributed by atoms with Crippen molar-refractivity contribution in [2.45, 2.75) is 44.7 Å². The van der Waals surface area contributed by atoms with Gasteiger partial charge in [-0.1, -0.05) is 42.9 Å². The molecule has 0 N–H and O–H groups in total. The first kappa shape index (κ1) is 27.5. The average Bonchev–Trinajstić information content (AvgIpc) is 3.51. The molecule has 2 aromatic heterocycles. The molecule has 3 heterocycles. The molecule has 4 rings (SSSR count). The van der Waals surface area contributed by atoms with Gasteiger partial charge in [0.2, 0.25) is 5.91 Å². The molecule has 36 heavy (non-hydrogen) atoms. The van der Waals surface area contributed by atoms with Crippen molar-refractivity contribution in [3.8, 4) is 0 Å².